The number of rotatable bonds is 4. The molecule has 3 rings (SSSR count). The second-order valence-corrected chi connectivity index (χ2v) is 6.77. The normalized spacial score (nSPS) is 15.4. The van der Waals surface area contributed by atoms with Gasteiger partial charge in [-0.3, -0.25) is 19.8 Å². The Hall–Kier alpha value is -2.45. The SMILES string of the molecule is Nc1cccc(CN2CCN(C(=O)c3ccc([N+](=O)[O-])s3)CC2)c1. The van der Waals surface area contributed by atoms with Crippen LogP contribution in [0.2, 0.25) is 0 Å². The maximum atomic E-state index is 12.4. The molecule has 1 aromatic carbocycles. The molecule has 126 valence electrons. The molecule has 24 heavy (non-hydrogen) atoms. The van der Waals surface area contributed by atoms with Gasteiger partial charge in [0.15, 0.2) is 0 Å². The van der Waals surface area contributed by atoms with Crippen molar-refractivity contribution in [3.63, 3.8) is 0 Å². The van der Waals surface area contributed by atoms with Gasteiger partial charge in [0.25, 0.3) is 5.91 Å². The number of hydrogen-bond acceptors (Lipinski definition) is 6. The second-order valence-electron chi connectivity index (χ2n) is 5.71. The van der Waals surface area contributed by atoms with Crippen molar-refractivity contribution in [3.05, 3.63) is 57.0 Å². The molecule has 2 heterocycles. The van der Waals surface area contributed by atoms with Gasteiger partial charge in [0.1, 0.15) is 0 Å². The van der Waals surface area contributed by atoms with Crippen LogP contribution in [0.25, 0.3) is 0 Å². The van der Waals surface area contributed by atoms with Crippen LogP contribution in [0.5, 0.6) is 0 Å². The number of carbonyl (C=O) groups excluding carboxylic acids is 1. The van der Waals surface area contributed by atoms with Crippen molar-refractivity contribution in [2.75, 3.05) is 31.9 Å². The minimum absolute atomic E-state index is 0.00125. The van der Waals surface area contributed by atoms with Gasteiger partial charge < -0.3 is 10.6 Å². The van der Waals surface area contributed by atoms with Crippen LogP contribution >= 0.6 is 11.3 Å². The fraction of sp³-hybridized carbons (Fsp3) is 0.312. The standard InChI is InChI=1S/C16H18N4O3S/c17-13-3-1-2-12(10-13)11-18-6-8-19(9-7-18)16(21)14-4-5-15(24-14)20(22)23/h1-5,10H,6-9,11,17H2. The zero-order chi connectivity index (χ0) is 17.1. The van der Waals surface area contributed by atoms with E-state index in [4.69, 9.17) is 5.73 Å². The quantitative estimate of drug-likeness (QED) is 0.520. The summed E-state index contributed by atoms with van der Waals surface area (Å²) in [6.07, 6.45) is 0. The summed E-state index contributed by atoms with van der Waals surface area (Å²) in [6, 6.07) is 10.7. The molecule has 0 aliphatic carbocycles. The van der Waals surface area contributed by atoms with Crippen LogP contribution in [0.1, 0.15) is 15.2 Å². The van der Waals surface area contributed by atoms with E-state index >= 15 is 0 Å². The van der Waals surface area contributed by atoms with Gasteiger partial charge in [0, 0.05) is 44.5 Å². The van der Waals surface area contributed by atoms with E-state index in [-0.39, 0.29) is 10.9 Å². The first kappa shape index (κ1) is 16.4. The van der Waals surface area contributed by atoms with Crippen LogP contribution in [0.4, 0.5) is 10.7 Å². The molecule has 2 N–H and O–H groups in total. The molecule has 0 radical (unpaired) electrons. The van der Waals surface area contributed by atoms with Crippen LogP contribution in [0, 0.1) is 10.1 Å². The van der Waals surface area contributed by atoms with Gasteiger partial charge in [-0.1, -0.05) is 23.5 Å². The smallest absolute Gasteiger partial charge is 0.324 e. The highest BCUT2D eigenvalue weighted by Gasteiger charge is 2.24. The van der Waals surface area contributed by atoms with Gasteiger partial charge >= 0.3 is 5.00 Å². The molecule has 2 aromatic rings. The predicted molar refractivity (Wildman–Crippen MR) is 93.0 cm³/mol. The number of carbonyl (C=O) groups is 1. The summed E-state index contributed by atoms with van der Waals surface area (Å²) in [5.41, 5.74) is 7.70. The van der Waals surface area contributed by atoms with Crippen LogP contribution < -0.4 is 5.73 Å². The van der Waals surface area contributed by atoms with E-state index in [1.807, 2.05) is 24.3 Å². The Morgan fingerprint density at radius 2 is 1.96 bits per heavy atom. The van der Waals surface area contributed by atoms with Gasteiger partial charge in [0.05, 0.1) is 9.80 Å². The Morgan fingerprint density at radius 1 is 1.21 bits per heavy atom. The van der Waals surface area contributed by atoms with Gasteiger partial charge in [-0.05, 0) is 23.8 Å². The van der Waals surface area contributed by atoms with Crippen LogP contribution in [-0.2, 0) is 6.54 Å². The number of nitrogens with two attached hydrogens (primary N) is 1. The topological polar surface area (TPSA) is 92.7 Å². The molecule has 1 aromatic heterocycles. The first-order chi connectivity index (χ1) is 11.5. The molecule has 0 saturated carbocycles. The first-order valence-electron chi connectivity index (χ1n) is 7.63. The number of hydrogen-bond donors (Lipinski definition) is 1. The minimum Gasteiger partial charge on any atom is -0.399 e. The Kier molecular flexibility index (Phi) is 4.77. The number of anilines is 1. The summed E-state index contributed by atoms with van der Waals surface area (Å²) < 4.78 is 0. The van der Waals surface area contributed by atoms with E-state index in [2.05, 4.69) is 4.90 Å². The van der Waals surface area contributed by atoms with Crippen molar-refractivity contribution in [2.24, 2.45) is 0 Å². The molecule has 0 unspecified atom stereocenters. The average Bonchev–Trinajstić information content (AvgIpc) is 3.05. The van der Waals surface area contributed by atoms with Gasteiger partial charge in [-0.15, -0.1) is 0 Å². The van der Waals surface area contributed by atoms with Gasteiger partial charge in [-0.25, -0.2) is 0 Å². The lowest BCUT2D eigenvalue weighted by atomic mass is 10.1. The van der Waals surface area contributed by atoms with Crippen molar-refractivity contribution < 1.29 is 9.72 Å². The van der Waals surface area contributed by atoms with E-state index in [0.717, 1.165) is 42.2 Å². The Morgan fingerprint density at radius 3 is 2.58 bits per heavy atom. The summed E-state index contributed by atoms with van der Waals surface area (Å²) in [5.74, 6) is -0.128. The lowest BCUT2D eigenvalue weighted by molar-refractivity contribution is -0.380. The van der Waals surface area contributed by atoms with Crippen LogP contribution in [0.15, 0.2) is 36.4 Å². The maximum Gasteiger partial charge on any atom is 0.324 e. The number of amides is 1. The Balaban J connectivity index is 1.56. The molecule has 8 heteroatoms. The van der Waals surface area contributed by atoms with Crippen molar-refractivity contribution in [3.8, 4) is 0 Å². The molecule has 0 spiro atoms. The van der Waals surface area contributed by atoms with E-state index in [1.54, 1.807) is 4.90 Å². The van der Waals surface area contributed by atoms with E-state index in [0.29, 0.717) is 18.0 Å². The number of nitro groups is 1. The number of benzene rings is 1. The van der Waals surface area contributed by atoms with Crippen molar-refractivity contribution >= 4 is 27.9 Å². The number of nitrogen functional groups attached to an aromatic ring is 1. The molecular formula is C16H18N4O3S. The highest BCUT2D eigenvalue weighted by atomic mass is 32.1. The summed E-state index contributed by atoms with van der Waals surface area (Å²) in [4.78, 5) is 27.1. The van der Waals surface area contributed by atoms with E-state index < -0.39 is 4.92 Å². The first-order valence-corrected chi connectivity index (χ1v) is 8.45. The van der Waals surface area contributed by atoms with Crippen LogP contribution in [0.3, 0.4) is 0 Å². The zero-order valence-electron chi connectivity index (χ0n) is 13.1. The molecule has 1 aliphatic rings. The summed E-state index contributed by atoms with van der Waals surface area (Å²) >= 11 is 0.930. The largest absolute Gasteiger partial charge is 0.399 e. The third kappa shape index (κ3) is 3.72. The zero-order valence-corrected chi connectivity index (χ0v) is 13.9. The Bertz CT molecular complexity index is 753. The molecule has 1 fully saturated rings. The fourth-order valence-corrected chi connectivity index (χ4v) is 3.54. The summed E-state index contributed by atoms with van der Waals surface area (Å²) in [6.45, 7) is 3.58. The fourth-order valence-electron chi connectivity index (χ4n) is 2.76. The molecule has 1 saturated heterocycles. The third-order valence-corrected chi connectivity index (χ3v) is 5.02. The van der Waals surface area contributed by atoms with Crippen molar-refractivity contribution in [1.82, 2.24) is 9.80 Å². The van der Waals surface area contributed by atoms with Crippen molar-refractivity contribution in [1.29, 1.82) is 0 Å². The molecular weight excluding hydrogens is 328 g/mol. The summed E-state index contributed by atoms with van der Waals surface area (Å²) in [7, 11) is 0. The second kappa shape index (κ2) is 6.98. The summed E-state index contributed by atoms with van der Waals surface area (Å²) in [5, 5.41) is 10.7. The van der Waals surface area contributed by atoms with Crippen molar-refractivity contribution in [2.45, 2.75) is 6.54 Å². The Labute approximate surface area is 143 Å². The number of thiophene rings is 1. The van der Waals surface area contributed by atoms with Gasteiger partial charge in [0.2, 0.25) is 0 Å². The van der Waals surface area contributed by atoms with Gasteiger partial charge in [-0.2, -0.15) is 0 Å². The number of nitrogens with zero attached hydrogens (tertiary/aromatic N) is 3. The highest BCUT2D eigenvalue weighted by molar-refractivity contribution is 7.17. The van der Waals surface area contributed by atoms with E-state index in [1.165, 1.54) is 12.1 Å². The molecule has 0 bridgehead atoms. The molecule has 0 atom stereocenters. The number of piperazine rings is 1. The van der Waals surface area contributed by atoms with E-state index in [9.17, 15) is 14.9 Å². The third-order valence-electron chi connectivity index (χ3n) is 4.00. The highest BCUT2D eigenvalue weighted by Crippen LogP contribution is 2.25. The maximum absolute atomic E-state index is 12.4. The predicted octanol–water partition coefficient (Wildman–Crippen LogP) is 2.20. The monoisotopic (exact) mass is 346 g/mol. The average molecular weight is 346 g/mol. The lowest BCUT2D eigenvalue weighted by Crippen LogP contribution is -2.48. The minimum atomic E-state index is -0.467. The molecule has 1 amide bonds. The molecule has 1 aliphatic heterocycles. The van der Waals surface area contributed by atoms with Crippen LogP contribution in [-0.4, -0.2) is 46.8 Å². The molecule has 7 nitrogen and oxygen atoms in total. The lowest BCUT2D eigenvalue weighted by Gasteiger charge is -2.34.